The number of likely N-dealkylation sites (N-methyl/N-ethyl adjacent to an activating group) is 1. The molecule has 1 N–H and O–H groups in total. The summed E-state index contributed by atoms with van der Waals surface area (Å²) in [4.78, 5) is 6.04. The Labute approximate surface area is 165 Å². The standard InChI is InChI=1S/C22H28N6/c1-27-13-15(22-24-25-26-28(22)16-6-3-2-4-7-16)10-18-17-8-5-9-19-21(17)14(12-23-19)11-20(18)27/h5,8-9,12,15-16,18,20,23H,2-4,6-7,10-11,13H2,1H3/t15-,18-,20-/m1/s1. The summed E-state index contributed by atoms with van der Waals surface area (Å²) < 4.78 is 2.18. The molecule has 0 radical (unpaired) electrons. The molecule has 6 nitrogen and oxygen atoms in total. The summed E-state index contributed by atoms with van der Waals surface area (Å²) in [5.41, 5.74) is 4.27. The molecule has 6 rings (SSSR count). The van der Waals surface area contributed by atoms with E-state index in [1.54, 1.807) is 0 Å². The highest BCUT2D eigenvalue weighted by atomic mass is 15.6. The van der Waals surface area contributed by atoms with E-state index in [1.807, 2.05) is 0 Å². The number of rotatable bonds is 2. The Morgan fingerprint density at radius 1 is 1.14 bits per heavy atom. The van der Waals surface area contributed by atoms with Gasteiger partial charge in [0.15, 0.2) is 5.82 Å². The number of nitrogens with one attached hydrogen (secondary N) is 1. The predicted molar refractivity (Wildman–Crippen MR) is 108 cm³/mol. The first-order valence-corrected chi connectivity index (χ1v) is 10.9. The van der Waals surface area contributed by atoms with Crippen LogP contribution in [0.2, 0.25) is 0 Å². The lowest BCUT2D eigenvalue weighted by Gasteiger charge is -2.45. The van der Waals surface area contributed by atoms with E-state index in [-0.39, 0.29) is 0 Å². The third kappa shape index (κ3) is 2.47. The number of benzene rings is 1. The monoisotopic (exact) mass is 376 g/mol. The van der Waals surface area contributed by atoms with E-state index in [2.05, 4.69) is 61.5 Å². The second-order valence-corrected chi connectivity index (χ2v) is 9.11. The van der Waals surface area contributed by atoms with Gasteiger partial charge in [0.25, 0.3) is 0 Å². The first-order valence-electron chi connectivity index (χ1n) is 10.9. The van der Waals surface area contributed by atoms with Crippen LogP contribution >= 0.6 is 0 Å². The second-order valence-electron chi connectivity index (χ2n) is 9.11. The third-order valence-corrected chi connectivity index (χ3v) is 7.53. The molecule has 28 heavy (non-hydrogen) atoms. The average molecular weight is 377 g/mol. The van der Waals surface area contributed by atoms with Crippen LogP contribution in [-0.4, -0.2) is 49.7 Å². The maximum Gasteiger partial charge on any atom is 0.155 e. The highest BCUT2D eigenvalue weighted by molar-refractivity contribution is 5.88. The number of aromatic amines is 1. The summed E-state index contributed by atoms with van der Waals surface area (Å²) in [6.45, 7) is 1.05. The van der Waals surface area contributed by atoms with Crippen molar-refractivity contribution in [3.63, 3.8) is 0 Å². The molecule has 2 fully saturated rings. The first kappa shape index (κ1) is 16.7. The number of hydrogen-bond donors (Lipinski definition) is 1. The number of piperidine rings is 1. The lowest BCUT2D eigenvalue weighted by atomic mass is 9.72. The SMILES string of the molecule is CN1C[C@H](c2nnnn2C2CCCCC2)C[C@@H]2c3cccc4[nH]cc(c34)C[C@H]21. The number of tetrazole rings is 1. The summed E-state index contributed by atoms with van der Waals surface area (Å²) in [7, 11) is 2.29. The van der Waals surface area contributed by atoms with E-state index >= 15 is 0 Å². The summed E-state index contributed by atoms with van der Waals surface area (Å²) in [6, 6.07) is 7.82. The Bertz CT molecular complexity index is 998. The quantitative estimate of drug-likeness (QED) is 0.739. The molecule has 0 bridgehead atoms. The smallest absolute Gasteiger partial charge is 0.155 e. The molecular weight excluding hydrogens is 348 g/mol. The maximum absolute atomic E-state index is 4.54. The Balaban J connectivity index is 1.37. The molecule has 6 heteroatoms. The van der Waals surface area contributed by atoms with Crippen LogP contribution in [0.3, 0.4) is 0 Å². The summed E-state index contributed by atoms with van der Waals surface area (Å²) in [6.07, 6.45) is 10.9. The molecule has 0 unspecified atom stereocenters. The van der Waals surface area contributed by atoms with Crippen LogP contribution < -0.4 is 0 Å². The average Bonchev–Trinajstić information content (AvgIpc) is 3.38. The number of nitrogens with zero attached hydrogens (tertiary/aromatic N) is 5. The van der Waals surface area contributed by atoms with Crippen molar-refractivity contribution < 1.29 is 0 Å². The minimum Gasteiger partial charge on any atom is -0.361 e. The molecule has 2 aliphatic carbocycles. The molecule has 3 aromatic rings. The zero-order valence-electron chi connectivity index (χ0n) is 16.5. The van der Waals surface area contributed by atoms with Gasteiger partial charge in [-0.2, -0.15) is 0 Å². The fourth-order valence-corrected chi connectivity index (χ4v) is 6.18. The Kier molecular flexibility index (Phi) is 3.83. The van der Waals surface area contributed by atoms with E-state index < -0.39 is 0 Å². The fraction of sp³-hybridized carbons (Fsp3) is 0.591. The number of likely N-dealkylation sites (tertiary alicyclic amines) is 1. The van der Waals surface area contributed by atoms with Gasteiger partial charge in [-0.3, -0.25) is 0 Å². The molecule has 2 aromatic heterocycles. The fourth-order valence-electron chi connectivity index (χ4n) is 6.18. The molecule has 1 saturated heterocycles. The van der Waals surface area contributed by atoms with Crippen molar-refractivity contribution in [1.29, 1.82) is 0 Å². The van der Waals surface area contributed by atoms with Crippen molar-refractivity contribution in [3.05, 3.63) is 41.3 Å². The first-order chi connectivity index (χ1) is 13.8. The van der Waals surface area contributed by atoms with Gasteiger partial charge in [-0.25, -0.2) is 4.68 Å². The van der Waals surface area contributed by atoms with E-state index in [1.165, 1.54) is 54.1 Å². The largest absolute Gasteiger partial charge is 0.361 e. The predicted octanol–water partition coefficient (Wildman–Crippen LogP) is 3.79. The topological polar surface area (TPSA) is 62.6 Å². The zero-order valence-corrected chi connectivity index (χ0v) is 16.5. The molecule has 3 atom stereocenters. The van der Waals surface area contributed by atoms with E-state index in [4.69, 9.17) is 0 Å². The minimum atomic E-state index is 0.402. The number of H-pyrrole nitrogens is 1. The lowest BCUT2D eigenvalue weighted by Crippen LogP contribution is -2.47. The van der Waals surface area contributed by atoms with Crippen molar-refractivity contribution in [3.8, 4) is 0 Å². The van der Waals surface area contributed by atoms with Crippen LogP contribution in [0.1, 0.15) is 73.4 Å². The van der Waals surface area contributed by atoms with Crippen molar-refractivity contribution in [2.45, 2.75) is 68.9 Å². The zero-order chi connectivity index (χ0) is 18.7. The van der Waals surface area contributed by atoms with Crippen molar-refractivity contribution in [2.24, 2.45) is 0 Å². The normalized spacial score (nSPS) is 28.5. The van der Waals surface area contributed by atoms with Gasteiger partial charge in [-0.1, -0.05) is 31.4 Å². The van der Waals surface area contributed by atoms with Gasteiger partial charge in [0, 0.05) is 41.5 Å². The van der Waals surface area contributed by atoms with Gasteiger partial charge in [0.1, 0.15) is 0 Å². The summed E-state index contributed by atoms with van der Waals surface area (Å²) in [5, 5.41) is 14.6. The number of aromatic nitrogens is 5. The maximum atomic E-state index is 4.54. The van der Waals surface area contributed by atoms with Gasteiger partial charge in [-0.15, -0.1) is 5.10 Å². The highest BCUT2D eigenvalue weighted by Crippen LogP contribution is 2.46. The molecule has 146 valence electrons. The number of fused-ring (bicyclic) bond motifs is 2. The minimum absolute atomic E-state index is 0.402. The van der Waals surface area contributed by atoms with E-state index in [0.717, 1.165) is 25.2 Å². The van der Waals surface area contributed by atoms with Gasteiger partial charge in [0.05, 0.1) is 6.04 Å². The highest BCUT2D eigenvalue weighted by Gasteiger charge is 2.41. The molecule has 0 spiro atoms. The number of hydrogen-bond acceptors (Lipinski definition) is 4. The summed E-state index contributed by atoms with van der Waals surface area (Å²) in [5.74, 6) is 2.07. The lowest BCUT2D eigenvalue weighted by molar-refractivity contribution is 0.133. The Morgan fingerprint density at radius 3 is 2.93 bits per heavy atom. The van der Waals surface area contributed by atoms with Crippen molar-refractivity contribution >= 4 is 10.9 Å². The molecular formula is C22H28N6. The molecule has 3 heterocycles. The Hall–Kier alpha value is -2.21. The van der Waals surface area contributed by atoms with Crippen LogP contribution in [0, 0.1) is 0 Å². The molecule has 3 aliphatic rings. The van der Waals surface area contributed by atoms with E-state index in [9.17, 15) is 0 Å². The van der Waals surface area contributed by atoms with Gasteiger partial charge < -0.3 is 9.88 Å². The van der Waals surface area contributed by atoms with Crippen LogP contribution in [0.4, 0.5) is 0 Å². The van der Waals surface area contributed by atoms with E-state index in [0.29, 0.717) is 23.9 Å². The van der Waals surface area contributed by atoms with Gasteiger partial charge >= 0.3 is 0 Å². The molecule has 1 aromatic carbocycles. The van der Waals surface area contributed by atoms with Crippen LogP contribution in [0.25, 0.3) is 10.9 Å². The van der Waals surface area contributed by atoms with Gasteiger partial charge in [-0.05, 0) is 60.4 Å². The van der Waals surface area contributed by atoms with Crippen LogP contribution in [-0.2, 0) is 6.42 Å². The van der Waals surface area contributed by atoms with Crippen LogP contribution in [0.5, 0.6) is 0 Å². The summed E-state index contributed by atoms with van der Waals surface area (Å²) >= 11 is 0. The second kappa shape index (κ2) is 6.41. The Morgan fingerprint density at radius 2 is 2.04 bits per heavy atom. The van der Waals surface area contributed by atoms with Crippen LogP contribution in [0.15, 0.2) is 24.4 Å². The molecule has 1 saturated carbocycles. The molecule has 1 aliphatic heterocycles. The third-order valence-electron chi connectivity index (χ3n) is 7.53. The molecule has 0 amide bonds. The van der Waals surface area contributed by atoms with Gasteiger partial charge in [0.2, 0.25) is 0 Å². The van der Waals surface area contributed by atoms with Crippen molar-refractivity contribution in [2.75, 3.05) is 13.6 Å². The van der Waals surface area contributed by atoms with Crippen molar-refractivity contribution in [1.82, 2.24) is 30.1 Å².